The van der Waals surface area contributed by atoms with E-state index in [1.54, 1.807) is 7.11 Å². The number of benzene rings is 1. The van der Waals surface area contributed by atoms with Crippen LogP contribution in [0.15, 0.2) is 54.7 Å². The smallest absolute Gasteiger partial charge is 0.140 e. The van der Waals surface area contributed by atoms with E-state index in [9.17, 15) is 4.79 Å². The van der Waals surface area contributed by atoms with Gasteiger partial charge in [-0.15, -0.1) is 0 Å². The SMILES string of the molecule is COC(C)C1C(/C=C/c2ccc(-c3ccccc3)cn2)C(C)C(C)(N)CC1(N)C=O. The fraction of sp³-hybridized carbons (Fsp3) is 0.440. The summed E-state index contributed by atoms with van der Waals surface area (Å²) >= 11 is 0. The summed E-state index contributed by atoms with van der Waals surface area (Å²) < 4.78 is 5.62. The quantitative estimate of drug-likeness (QED) is 0.713. The van der Waals surface area contributed by atoms with Gasteiger partial charge >= 0.3 is 0 Å². The van der Waals surface area contributed by atoms with Crippen LogP contribution in [0.2, 0.25) is 0 Å². The van der Waals surface area contributed by atoms with E-state index in [4.69, 9.17) is 16.2 Å². The molecule has 1 aliphatic carbocycles. The Morgan fingerprint density at radius 3 is 2.43 bits per heavy atom. The highest BCUT2D eigenvalue weighted by Gasteiger charge is 2.54. The monoisotopic (exact) mass is 407 g/mol. The topological polar surface area (TPSA) is 91.2 Å². The third-order valence-electron chi connectivity index (χ3n) is 6.82. The highest BCUT2D eigenvalue weighted by atomic mass is 16.5. The van der Waals surface area contributed by atoms with E-state index in [1.807, 2.05) is 50.4 Å². The molecule has 5 nitrogen and oxygen atoms in total. The zero-order valence-corrected chi connectivity index (χ0v) is 18.3. The highest BCUT2D eigenvalue weighted by molar-refractivity contribution is 5.66. The molecule has 1 aliphatic rings. The number of allylic oxidation sites excluding steroid dienone is 1. The highest BCUT2D eigenvalue weighted by Crippen LogP contribution is 2.46. The number of hydrogen-bond donors (Lipinski definition) is 2. The number of nitrogens with two attached hydrogens (primary N) is 2. The first kappa shape index (κ1) is 22.3. The Hall–Kier alpha value is -2.34. The third kappa shape index (κ3) is 4.38. The van der Waals surface area contributed by atoms with Crippen molar-refractivity contribution in [3.63, 3.8) is 0 Å². The fourth-order valence-corrected chi connectivity index (χ4v) is 4.87. The lowest BCUT2D eigenvalue weighted by Crippen LogP contribution is -2.68. The molecule has 1 heterocycles. The van der Waals surface area contributed by atoms with Crippen molar-refractivity contribution in [2.45, 2.75) is 44.4 Å². The molecule has 2 aromatic rings. The summed E-state index contributed by atoms with van der Waals surface area (Å²) in [7, 11) is 1.65. The molecule has 1 aromatic carbocycles. The first-order valence-electron chi connectivity index (χ1n) is 10.5. The number of aldehydes is 1. The Balaban J connectivity index is 1.91. The molecule has 0 radical (unpaired) electrons. The predicted octanol–water partition coefficient (Wildman–Crippen LogP) is 3.68. The van der Waals surface area contributed by atoms with E-state index in [0.717, 1.165) is 23.1 Å². The molecule has 1 aromatic heterocycles. The normalized spacial score (nSPS) is 32.8. The predicted molar refractivity (Wildman–Crippen MR) is 122 cm³/mol. The Morgan fingerprint density at radius 1 is 1.17 bits per heavy atom. The molecule has 0 aliphatic heterocycles. The van der Waals surface area contributed by atoms with Gasteiger partial charge < -0.3 is 21.0 Å². The third-order valence-corrected chi connectivity index (χ3v) is 6.82. The van der Waals surface area contributed by atoms with Crippen LogP contribution >= 0.6 is 0 Å². The molecule has 30 heavy (non-hydrogen) atoms. The van der Waals surface area contributed by atoms with Crippen LogP contribution in [0, 0.1) is 17.8 Å². The van der Waals surface area contributed by atoms with Gasteiger partial charge in [0.15, 0.2) is 0 Å². The van der Waals surface area contributed by atoms with Crippen LogP contribution in [0.5, 0.6) is 0 Å². The Kier molecular flexibility index (Phi) is 6.56. The van der Waals surface area contributed by atoms with Crippen molar-refractivity contribution in [1.82, 2.24) is 4.98 Å². The number of aromatic nitrogens is 1. The first-order chi connectivity index (χ1) is 14.2. The minimum Gasteiger partial charge on any atom is -0.381 e. The molecule has 5 heteroatoms. The average Bonchev–Trinajstić information content (AvgIpc) is 2.75. The van der Waals surface area contributed by atoms with Gasteiger partial charge in [-0.05, 0) is 49.8 Å². The second-order valence-corrected chi connectivity index (χ2v) is 8.94. The summed E-state index contributed by atoms with van der Waals surface area (Å²) in [6.45, 7) is 6.07. The van der Waals surface area contributed by atoms with Crippen molar-refractivity contribution in [1.29, 1.82) is 0 Å². The number of hydrogen-bond acceptors (Lipinski definition) is 5. The van der Waals surface area contributed by atoms with Gasteiger partial charge in [0.1, 0.15) is 6.29 Å². The molecule has 6 unspecified atom stereocenters. The summed E-state index contributed by atoms with van der Waals surface area (Å²) in [4.78, 5) is 16.6. The summed E-state index contributed by atoms with van der Waals surface area (Å²) in [5.41, 5.74) is 14.6. The summed E-state index contributed by atoms with van der Waals surface area (Å²) in [6, 6.07) is 14.2. The minimum atomic E-state index is -1.04. The summed E-state index contributed by atoms with van der Waals surface area (Å²) in [5.74, 6) is -0.0717. The maximum atomic E-state index is 12.0. The Morgan fingerprint density at radius 2 is 1.87 bits per heavy atom. The molecule has 3 rings (SSSR count). The molecule has 160 valence electrons. The van der Waals surface area contributed by atoms with Gasteiger partial charge in [0, 0.05) is 30.3 Å². The first-order valence-corrected chi connectivity index (χ1v) is 10.5. The second kappa shape index (κ2) is 8.80. The number of methoxy groups -OCH3 is 1. The van der Waals surface area contributed by atoms with E-state index in [0.29, 0.717) is 6.42 Å². The lowest BCUT2D eigenvalue weighted by Gasteiger charge is -2.54. The molecular formula is C25H33N3O2. The number of pyridine rings is 1. The maximum absolute atomic E-state index is 12.0. The van der Waals surface area contributed by atoms with Crippen molar-refractivity contribution in [3.05, 3.63) is 60.4 Å². The molecule has 6 atom stereocenters. The van der Waals surface area contributed by atoms with Crippen LogP contribution in [0.3, 0.4) is 0 Å². The van der Waals surface area contributed by atoms with Gasteiger partial charge in [-0.1, -0.05) is 49.4 Å². The van der Waals surface area contributed by atoms with E-state index >= 15 is 0 Å². The number of ether oxygens (including phenoxy) is 1. The van der Waals surface area contributed by atoms with Gasteiger partial charge in [0.2, 0.25) is 0 Å². The number of nitrogens with zero attached hydrogens (tertiary/aromatic N) is 1. The minimum absolute atomic E-state index is 0.0190. The van der Waals surface area contributed by atoms with E-state index in [-0.39, 0.29) is 23.9 Å². The second-order valence-electron chi connectivity index (χ2n) is 8.94. The number of rotatable bonds is 6. The van der Waals surface area contributed by atoms with Crippen LogP contribution in [-0.2, 0) is 9.53 Å². The van der Waals surface area contributed by atoms with Crippen LogP contribution in [-0.4, -0.2) is 35.6 Å². The van der Waals surface area contributed by atoms with Crippen LogP contribution in [0.1, 0.15) is 32.9 Å². The fourth-order valence-electron chi connectivity index (χ4n) is 4.87. The maximum Gasteiger partial charge on any atom is 0.140 e. The zero-order valence-electron chi connectivity index (χ0n) is 18.3. The molecule has 0 amide bonds. The van der Waals surface area contributed by atoms with Crippen molar-refractivity contribution in [3.8, 4) is 11.1 Å². The molecule has 0 spiro atoms. The summed E-state index contributed by atoms with van der Waals surface area (Å²) in [6.07, 6.45) is 7.08. The van der Waals surface area contributed by atoms with Gasteiger partial charge in [0.05, 0.1) is 17.3 Å². The number of carbonyl (C=O) groups is 1. The van der Waals surface area contributed by atoms with Crippen LogP contribution < -0.4 is 11.5 Å². The largest absolute Gasteiger partial charge is 0.381 e. The van der Waals surface area contributed by atoms with Crippen molar-refractivity contribution in [2.75, 3.05) is 7.11 Å². The van der Waals surface area contributed by atoms with E-state index < -0.39 is 11.1 Å². The molecule has 1 fully saturated rings. The summed E-state index contributed by atoms with van der Waals surface area (Å²) in [5, 5.41) is 0. The molecular weight excluding hydrogens is 374 g/mol. The lowest BCUT2D eigenvalue weighted by atomic mass is 9.55. The van der Waals surface area contributed by atoms with Gasteiger partial charge in [-0.3, -0.25) is 4.98 Å². The van der Waals surface area contributed by atoms with Crippen molar-refractivity contribution >= 4 is 12.4 Å². The Labute approximate surface area is 179 Å². The van der Waals surface area contributed by atoms with Gasteiger partial charge in [0.25, 0.3) is 0 Å². The molecule has 0 bridgehead atoms. The molecule has 1 saturated carbocycles. The standard InChI is InChI=1S/C25H33N3O2/c1-17-22(23(18(2)30-4)25(27,16-29)15-24(17,3)26)13-12-21-11-10-20(14-28-21)19-8-6-5-7-9-19/h5-14,16-18,22-23H,15,26-27H2,1-4H3/b13-12+. The average molecular weight is 408 g/mol. The molecule has 4 N–H and O–H groups in total. The zero-order chi connectivity index (χ0) is 21.9. The van der Waals surface area contributed by atoms with Crippen molar-refractivity contribution in [2.24, 2.45) is 29.2 Å². The Bertz CT molecular complexity index is 879. The number of carbonyl (C=O) groups excluding carboxylic acids is 1. The molecule has 0 saturated heterocycles. The lowest BCUT2D eigenvalue weighted by molar-refractivity contribution is -0.123. The van der Waals surface area contributed by atoms with Crippen molar-refractivity contribution < 1.29 is 9.53 Å². The van der Waals surface area contributed by atoms with E-state index in [1.165, 1.54) is 0 Å². The van der Waals surface area contributed by atoms with Gasteiger partial charge in [-0.25, -0.2) is 0 Å². The van der Waals surface area contributed by atoms with E-state index in [2.05, 4.69) is 36.2 Å². The van der Waals surface area contributed by atoms with Crippen LogP contribution in [0.25, 0.3) is 17.2 Å². The van der Waals surface area contributed by atoms with Gasteiger partial charge in [-0.2, -0.15) is 0 Å². The van der Waals surface area contributed by atoms with Crippen LogP contribution in [0.4, 0.5) is 0 Å².